The first-order valence-corrected chi connectivity index (χ1v) is 11.8. The fraction of sp³-hybridized carbons (Fsp3) is 0.375. The molecule has 1 saturated heterocycles. The molecule has 1 fully saturated rings. The number of hydrogen-bond donors (Lipinski definition) is 0. The van der Waals surface area contributed by atoms with Crippen LogP contribution in [0.15, 0.2) is 59.8 Å². The Balaban J connectivity index is 1.50. The van der Waals surface area contributed by atoms with Gasteiger partial charge in [0, 0.05) is 18.8 Å². The van der Waals surface area contributed by atoms with E-state index >= 15 is 0 Å². The lowest BCUT2D eigenvalue weighted by molar-refractivity contribution is -0.130. The molecule has 1 aromatic heterocycles. The lowest BCUT2D eigenvalue weighted by Gasteiger charge is -2.34. The third kappa shape index (κ3) is 5.30. The lowest BCUT2D eigenvalue weighted by atomic mass is 9.92. The fourth-order valence-corrected chi connectivity index (χ4v) is 4.99. The molecule has 0 radical (unpaired) electrons. The van der Waals surface area contributed by atoms with E-state index in [1.54, 1.807) is 18.2 Å². The molecule has 2 aromatic carbocycles. The number of carbonyl (C=O) groups excluding carboxylic acids is 1. The van der Waals surface area contributed by atoms with Crippen LogP contribution in [-0.2, 0) is 11.4 Å². The van der Waals surface area contributed by atoms with Crippen LogP contribution in [0.5, 0.6) is 5.75 Å². The van der Waals surface area contributed by atoms with Gasteiger partial charge in [-0.2, -0.15) is 0 Å². The minimum Gasteiger partial charge on any atom is -0.483 e. The molecule has 3 aromatic rings. The lowest BCUT2D eigenvalue weighted by Crippen LogP contribution is -2.43. The molecule has 0 bridgehead atoms. The van der Waals surface area contributed by atoms with E-state index in [-0.39, 0.29) is 18.3 Å². The second-order valence-corrected chi connectivity index (χ2v) is 9.26. The second-order valence-electron chi connectivity index (χ2n) is 8.32. The highest BCUT2D eigenvalue weighted by Crippen LogP contribution is 2.26. The van der Waals surface area contributed by atoms with Gasteiger partial charge in [-0.3, -0.25) is 9.36 Å². The minimum atomic E-state index is -0.427. The number of likely N-dealkylation sites (tertiary alicyclic amines) is 1. The number of thioether (sulfide) groups is 1. The van der Waals surface area contributed by atoms with E-state index in [4.69, 9.17) is 4.74 Å². The Kier molecular flexibility index (Phi) is 7.09. The number of nitrogens with zero attached hydrogens (tertiary/aromatic N) is 4. The molecule has 2 atom stereocenters. The molecule has 1 aliphatic heterocycles. The van der Waals surface area contributed by atoms with Crippen LogP contribution in [-0.4, -0.2) is 44.4 Å². The molecule has 1 amide bonds. The maximum absolute atomic E-state index is 13.9. The predicted octanol–water partition coefficient (Wildman–Crippen LogP) is 4.58. The molecule has 0 unspecified atom stereocenters. The molecule has 8 heteroatoms. The van der Waals surface area contributed by atoms with E-state index in [2.05, 4.69) is 24.0 Å². The molecule has 6 nitrogen and oxygen atoms in total. The number of benzene rings is 2. The van der Waals surface area contributed by atoms with E-state index in [0.717, 1.165) is 25.2 Å². The van der Waals surface area contributed by atoms with Crippen molar-refractivity contribution in [1.82, 2.24) is 19.7 Å². The first-order valence-electron chi connectivity index (χ1n) is 10.8. The monoisotopic (exact) mass is 454 g/mol. The minimum absolute atomic E-state index is 0.0541. The summed E-state index contributed by atoms with van der Waals surface area (Å²) in [7, 11) is 0. The molecule has 32 heavy (non-hydrogen) atoms. The number of amides is 1. The van der Waals surface area contributed by atoms with Gasteiger partial charge in [-0.15, -0.1) is 10.2 Å². The maximum Gasteiger partial charge on any atom is 0.233 e. The van der Waals surface area contributed by atoms with Gasteiger partial charge in [-0.1, -0.05) is 55.9 Å². The quantitative estimate of drug-likeness (QED) is 0.489. The van der Waals surface area contributed by atoms with Crippen LogP contribution in [0.1, 0.15) is 26.1 Å². The third-order valence-electron chi connectivity index (χ3n) is 5.45. The molecule has 0 saturated carbocycles. The highest BCUT2D eigenvalue weighted by Gasteiger charge is 2.26. The summed E-state index contributed by atoms with van der Waals surface area (Å²) in [6.45, 7) is 6.04. The van der Waals surface area contributed by atoms with E-state index in [1.807, 2.05) is 39.8 Å². The van der Waals surface area contributed by atoms with Crippen LogP contribution in [0.3, 0.4) is 0 Å². The molecule has 0 spiro atoms. The van der Waals surface area contributed by atoms with Crippen LogP contribution >= 0.6 is 11.8 Å². The number of rotatable bonds is 7. The number of aromatic nitrogens is 3. The van der Waals surface area contributed by atoms with Crippen molar-refractivity contribution in [3.63, 3.8) is 0 Å². The summed E-state index contributed by atoms with van der Waals surface area (Å²) >= 11 is 1.36. The SMILES string of the molecule is C[C@@H]1C[C@@H](C)CN(C(=O)CSc2nnc(COc3ccccc3F)n2-c2ccccc2)C1. The molecule has 2 heterocycles. The van der Waals surface area contributed by atoms with Gasteiger partial charge in [0.1, 0.15) is 6.61 Å². The third-order valence-corrected chi connectivity index (χ3v) is 6.37. The summed E-state index contributed by atoms with van der Waals surface area (Å²) in [4.78, 5) is 14.8. The van der Waals surface area contributed by atoms with E-state index in [0.29, 0.717) is 28.6 Å². The second kappa shape index (κ2) is 10.2. The van der Waals surface area contributed by atoms with Crippen molar-refractivity contribution in [2.75, 3.05) is 18.8 Å². The summed E-state index contributed by atoms with van der Waals surface area (Å²) in [6, 6.07) is 15.9. The number of piperidine rings is 1. The van der Waals surface area contributed by atoms with Crippen LogP contribution in [0, 0.1) is 17.7 Å². The summed E-state index contributed by atoms with van der Waals surface area (Å²) in [5.41, 5.74) is 0.861. The number of para-hydroxylation sites is 2. The van der Waals surface area contributed by atoms with Crippen LogP contribution in [0.4, 0.5) is 4.39 Å². The number of hydrogen-bond acceptors (Lipinski definition) is 5. The van der Waals surface area contributed by atoms with Gasteiger partial charge in [0.25, 0.3) is 0 Å². The number of carbonyl (C=O) groups is 1. The fourth-order valence-electron chi connectivity index (χ4n) is 4.11. The van der Waals surface area contributed by atoms with Crippen molar-refractivity contribution in [2.24, 2.45) is 11.8 Å². The Morgan fingerprint density at radius 1 is 1.06 bits per heavy atom. The largest absolute Gasteiger partial charge is 0.483 e. The summed E-state index contributed by atoms with van der Waals surface area (Å²) in [6.07, 6.45) is 1.16. The van der Waals surface area contributed by atoms with Gasteiger partial charge in [-0.25, -0.2) is 4.39 Å². The highest BCUT2D eigenvalue weighted by molar-refractivity contribution is 7.99. The summed E-state index contributed by atoms with van der Waals surface area (Å²) in [5.74, 6) is 1.70. The van der Waals surface area contributed by atoms with Crippen molar-refractivity contribution in [3.05, 3.63) is 66.2 Å². The molecular weight excluding hydrogens is 427 g/mol. The Labute approximate surface area is 191 Å². The zero-order valence-electron chi connectivity index (χ0n) is 18.3. The van der Waals surface area contributed by atoms with Gasteiger partial charge < -0.3 is 9.64 Å². The summed E-state index contributed by atoms with van der Waals surface area (Å²) < 4.78 is 21.5. The van der Waals surface area contributed by atoms with E-state index in [9.17, 15) is 9.18 Å². The van der Waals surface area contributed by atoms with E-state index in [1.165, 1.54) is 17.8 Å². The van der Waals surface area contributed by atoms with Crippen molar-refractivity contribution in [1.29, 1.82) is 0 Å². The Morgan fingerprint density at radius 2 is 1.75 bits per heavy atom. The normalized spacial score (nSPS) is 18.5. The Hall–Kier alpha value is -2.87. The molecule has 0 N–H and O–H groups in total. The van der Waals surface area contributed by atoms with Gasteiger partial charge in [0.05, 0.1) is 5.75 Å². The standard InChI is InChI=1S/C24H27FN4O2S/c1-17-12-18(2)14-28(13-17)23(30)16-32-24-27-26-22(29(24)19-8-4-3-5-9-19)15-31-21-11-7-6-10-20(21)25/h3-11,17-18H,12-16H2,1-2H3/t17-,18-/m1/s1. The molecule has 168 valence electrons. The zero-order chi connectivity index (χ0) is 22.5. The average molecular weight is 455 g/mol. The first-order chi connectivity index (χ1) is 15.5. The first kappa shape index (κ1) is 22.3. The molecular formula is C24H27FN4O2S. The van der Waals surface area contributed by atoms with Crippen LogP contribution in [0.2, 0.25) is 0 Å². The molecule has 4 rings (SSSR count). The van der Waals surface area contributed by atoms with Crippen molar-refractivity contribution < 1.29 is 13.9 Å². The summed E-state index contributed by atoms with van der Waals surface area (Å²) in [5, 5.41) is 9.18. The van der Waals surface area contributed by atoms with Crippen molar-refractivity contribution >= 4 is 17.7 Å². The van der Waals surface area contributed by atoms with Gasteiger partial charge in [0.2, 0.25) is 5.91 Å². The topological polar surface area (TPSA) is 60.3 Å². The van der Waals surface area contributed by atoms with Crippen LogP contribution < -0.4 is 4.74 Å². The Morgan fingerprint density at radius 3 is 2.47 bits per heavy atom. The average Bonchev–Trinajstić information content (AvgIpc) is 3.19. The maximum atomic E-state index is 13.9. The van der Waals surface area contributed by atoms with Crippen molar-refractivity contribution in [3.8, 4) is 11.4 Å². The molecule has 0 aliphatic carbocycles. The molecule has 1 aliphatic rings. The van der Waals surface area contributed by atoms with Gasteiger partial charge in [0.15, 0.2) is 22.5 Å². The van der Waals surface area contributed by atoms with Gasteiger partial charge in [-0.05, 0) is 42.5 Å². The zero-order valence-corrected chi connectivity index (χ0v) is 19.1. The smallest absolute Gasteiger partial charge is 0.233 e. The van der Waals surface area contributed by atoms with Crippen LogP contribution in [0.25, 0.3) is 5.69 Å². The van der Waals surface area contributed by atoms with Crippen molar-refractivity contribution in [2.45, 2.75) is 32.0 Å². The van der Waals surface area contributed by atoms with E-state index < -0.39 is 5.82 Å². The Bertz CT molecular complexity index is 1050. The highest BCUT2D eigenvalue weighted by atomic mass is 32.2. The number of ether oxygens (including phenoxy) is 1. The van der Waals surface area contributed by atoms with Gasteiger partial charge >= 0.3 is 0 Å². The number of halogens is 1. The predicted molar refractivity (Wildman–Crippen MR) is 122 cm³/mol.